The minimum Gasteiger partial charge on any atom is -0.331 e. The maximum absolute atomic E-state index is 12.0. The molecule has 1 amide bonds. The van der Waals surface area contributed by atoms with Gasteiger partial charge in [-0.2, -0.15) is 0 Å². The third kappa shape index (κ3) is 2.09. The largest absolute Gasteiger partial charge is 0.331 e. The maximum atomic E-state index is 12.0. The second kappa shape index (κ2) is 4.14. The van der Waals surface area contributed by atoms with Crippen LogP contribution in [-0.4, -0.2) is 18.2 Å². The van der Waals surface area contributed by atoms with Crippen LogP contribution in [0, 0.1) is 11.3 Å². The molecule has 1 rings (SSSR count). The van der Waals surface area contributed by atoms with E-state index in [-0.39, 0.29) is 18.2 Å². The van der Waals surface area contributed by atoms with E-state index in [4.69, 9.17) is 5.73 Å². The molecule has 0 fully saturated rings. The number of amides is 1. The molecule has 3 N–H and O–H groups in total. The summed E-state index contributed by atoms with van der Waals surface area (Å²) in [4.78, 5) is 23.7. The number of rotatable bonds is 3. The molecular weight excluding hydrogens is 192 g/mol. The summed E-state index contributed by atoms with van der Waals surface area (Å²) in [6.45, 7) is 5.85. The van der Waals surface area contributed by atoms with E-state index in [0.29, 0.717) is 17.9 Å². The predicted octanol–water partition coefficient (Wildman–Crippen LogP) is 0.580. The van der Waals surface area contributed by atoms with E-state index < -0.39 is 5.41 Å². The van der Waals surface area contributed by atoms with Gasteiger partial charge in [0.15, 0.2) is 5.78 Å². The van der Waals surface area contributed by atoms with Crippen LogP contribution in [0.15, 0.2) is 11.8 Å². The molecule has 0 saturated carbocycles. The van der Waals surface area contributed by atoms with Gasteiger partial charge in [-0.15, -0.1) is 0 Å². The molecule has 0 aromatic heterocycles. The van der Waals surface area contributed by atoms with Gasteiger partial charge in [-0.05, 0) is 19.3 Å². The highest BCUT2D eigenvalue weighted by atomic mass is 16.2. The van der Waals surface area contributed by atoms with Gasteiger partial charge in [-0.1, -0.05) is 13.8 Å². The van der Waals surface area contributed by atoms with Crippen LogP contribution >= 0.6 is 0 Å². The lowest BCUT2D eigenvalue weighted by molar-refractivity contribution is -0.140. The summed E-state index contributed by atoms with van der Waals surface area (Å²) in [6, 6.07) is 0. The van der Waals surface area contributed by atoms with Crippen molar-refractivity contribution in [3.63, 3.8) is 0 Å². The van der Waals surface area contributed by atoms with Crippen LogP contribution in [0.1, 0.15) is 27.2 Å². The highest BCUT2D eigenvalue weighted by molar-refractivity contribution is 6.15. The minimum atomic E-state index is -0.947. The summed E-state index contributed by atoms with van der Waals surface area (Å²) in [5.41, 5.74) is 5.00. The van der Waals surface area contributed by atoms with Crippen molar-refractivity contribution in [3.05, 3.63) is 11.8 Å². The summed E-state index contributed by atoms with van der Waals surface area (Å²) < 4.78 is 0. The van der Waals surface area contributed by atoms with Crippen molar-refractivity contribution in [2.24, 2.45) is 17.1 Å². The van der Waals surface area contributed by atoms with Crippen LogP contribution < -0.4 is 11.1 Å². The van der Waals surface area contributed by atoms with E-state index in [9.17, 15) is 9.59 Å². The number of nitrogens with two attached hydrogens (primary N) is 1. The van der Waals surface area contributed by atoms with Crippen molar-refractivity contribution in [2.45, 2.75) is 27.2 Å². The van der Waals surface area contributed by atoms with Crippen molar-refractivity contribution >= 4 is 11.7 Å². The first-order valence-corrected chi connectivity index (χ1v) is 5.16. The zero-order chi connectivity index (χ0) is 11.6. The number of nitrogens with one attached hydrogen (secondary N) is 1. The minimum absolute atomic E-state index is 0.137. The third-order valence-electron chi connectivity index (χ3n) is 2.71. The molecule has 1 aliphatic rings. The molecule has 4 nitrogen and oxygen atoms in total. The highest BCUT2D eigenvalue weighted by Gasteiger charge is 2.44. The zero-order valence-corrected chi connectivity index (χ0v) is 9.46. The van der Waals surface area contributed by atoms with Gasteiger partial charge in [0.2, 0.25) is 5.91 Å². The molecule has 0 aromatic rings. The van der Waals surface area contributed by atoms with E-state index in [2.05, 4.69) is 5.32 Å². The Morgan fingerprint density at radius 2 is 2.07 bits per heavy atom. The Morgan fingerprint density at radius 3 is 2.53 bits per heavy atom. The molecule has 0 aromatic carbocycles. The Morgan fingerprint density at radius 1 is 1.47 bits per heavy atom. The van der Waals surface area contributed by atoms with E-state index >= 15 is 0 Å². The molecule has 84 valence electrons. The van der Waals surface area contributed by atoms with E-state index in [1.165, 1.54) is 6.20 Å². The molecule has 1 atom stereocenters. The smallest absolute Gasteiger partial charge is 0.237 e. The molecule has 1 aliphatic heterocycles. The van der Waals surface area contributed by atoms with Crippen LogP contribution in [-0.2, 0) is 9.59 Å². The summed E-state index contributed by atoms with van der Waals surface area (Å²) >= 11 is 0. The lowest BCUT2D eigenvalue weighted by atomic mass is 9.74. The van der Waals surface area contributed by atoms with Gasteiger partial charge in [0.1, 0.15) is 5.41 Å². The van der Waals surface area contributed by atoms with E-state index in [1.54, 1.807) is 6.92 Å². The third-order valence-corrected chi connectivity index (χ3v) is 2.71. The number of carbonyl (C=O) groups excluding carboxylic acids is 2. The Balaban J connectivity index is 3.01. The SMILES string of the molecule is CC(C)CC1(C)C(=O)NC=C(CN)C1=O. The highest BCUT2D eigenvalue weighted by Crippen LogP contribution is 2.32. The lowest BCUT2D eigenvalue weighted by Crippen LogP contribution is -2.49. The first-order chi connectivity index (χ1) is 6.91. The topological polar surface area (TPSA) is 72.2 Å². The maximum Gasteiger partial charge on any atom is 0.237 e. The normalized spacial score (nSPS) is 26.6. The average Bonchev–Trinajstić information content (AvgIpc) is 2.14. The Labute approximate surface area is 89.9 Å². The van der Waals surface area contributed by atoms with Crippen molar-refractivity contribution in [2.75, 3.05) is 6.54 Å². The van der Waals surface area contributed by atoms with E-state index in [1.807, 2.05) is 13.8 Å². The molecule has 4 heteroatoms. The first-order valence-electron chi connectivity index (χ1n) is 5.16. The first kappa shape index (κ1) is 11.9. The van der Waals surface area contributed by atoms with Crippen LogP contribution in [0.3, 0.4) is 0 Å². The fourth-order valence-corrected chi connectivity index (χ4v) is 1.99. The van der Waals surface area contributed by atoms with Crippen LogP contribution in [0.2, 0.25) is 0 Å². The molecule has 1 heterocycles. The number of hydrogen-bond donors (Lipinski definition) is 2. The molecule has 0 bridgehead atoms. The standard InChI is InChI=1S/C11H18N2O2/c1-7(2)4-11(3)9(14)8(5-12)6-13-10(11)15/h6-7H,4-5,12H2,1-3H3,(H,13,15). The zero-order valence-electron chi connectivity index (χ0n) is 9.46. The quantitative estimate of drug-likeness (QED) is 0.669. The summed E-state index contributed by atoms with van der Waals surface area (Å²) in [6.07, 6.45) is 1.97. The molecule has 0 radical (unpaired) electrons. The molecular formula is C11H18N2O2. The van der Waals surface area contributed by atoms with Gasteiger partial charge in [0.25, 0.3) is 0 Å². The summed E-state index contributed by atoms with van der Waals surface area (Å²) in [7, 11) is 0. The number of Topliss-reactive ketones (excluding diaryl/α,β-unsaturated/α-hetero) is 1. The van der Waals surface area contributed by atoms with Gasteiger partial charge in [-0.3, -0.25) is 9.59 Å². The molecule has 0 saturated heterocycles. The lowest BCUT2D eigenvalue weighted by Gasteiger charge is -2.31. The monoisotopic (exact) mass is 210 g/mol. The predicted molar refractivity (Wildman–Crippen MR) is 57.8 cm³/mol. The summed E-state index contributed by atoms with van der Waals surface area (Å²) in [5, 5.41) is 2.61. The second-order valence-corrected chi connectivity index (χ2v) is 4.61. The Kier molecular flexibility index (Phi) is 3.29. The van der Waals surface area contributed by atoms with Crippen LogP contribution in [0.4, 0.5) is 0 Å². The molecule has 15 heavy (non-hydrogen) atoms. The van der Waals surface area contributed by atoms with E-state index in [0.717, 1.165) is 0 Å². The molecule has 0 spiro atoms. The van der Waals surface area contributed by atoms with Crippen molar-refractivity contribution < 1.29 is 9.59 Å². The fourth-order valence-electron chi connectivity index (χ4n) is 1.99. The second-order valence-electron chi connectivity index (χ2n) is 4.61. The Bertz CT molecular complexity index is 321. The molecule has 1 unspecified atom stereocenters. The Hall–Kier alpha value is -1.16. The van der Waals surface area contributed by atoms with Gasteiger partial charge >= 0.3 is 0 Å². The number of carbonyl (C=O) groups is 2. The van der Waals surface area contributed by atoms with Gasteiger partial charge in [-0.25, -0.2) is 0 Å². The summed E-state index contributed by atoms with van der Waals surface area (Å²) in [5.74, 6) is -0.0670. The average molecular weight is 210 g/mol. The van der Waals surface area contributed by atoms with Gasteiger partial charge in [0.05, 0.1) is 0 Å². The van der Waals surface area contributed by atoms with Crippen LogP contribution in [0.25, 0.3) is 0 Å². The van der Waals surface area contributed by atoms with Gasteiger partial charge in [0, 0.05) is 18.3 Å². The van der Waals surface area contributed by atoms with Gasteiger partial charge < -0.3 is 11.1 Å². The molecule has 0 aliphatic carbocycles. The van der Waals surface area contributed by atoms with Crippen molar-refractivity contribution in [1.82, 2.24) is 5.32 Å². The van der Waals surface area contributed by atoms with Crippen LogP contribution in [0.5, 0.6) is 0 Å². The number of ketones is 1. The van der Waals surface area contributed by atoms with Crippen molar-refractivity contribution in [1.29, 1.82) is 0 Å². The number of hydrogen-bond acceptors (Lipinski definition) is 3. The fraction of sp³-hybridized carbons (Fsp3) is 0.636. The van der Waals surface area contributed by atoms with Crippen molar-refractivity contribution in [3.8, 4) is 0 Å².